The summed E-state index contributed by atoms with van der Waals surface area (Å²) in [4.78, 5) is 46.2. The number of fused-ring (bicyclic) bond motifs is 1. The average Bonchev–Trinajstić information content (AvgIpc) is 3.57. The van der Waals surface area contributed by atoms with E-state index in [1.165, 1.54) is 18.5 Å². The first-order valence-corrected chi connectivity index (χ1v) is 12.0. The Morgan fingerprint density at radius 3 is 2.53 bits per heavy atom. The number of anilines is 1. The first kappa shape index (κ1) is 23.7. The lowest BCUT2D eigenvalue weighted by Crippen LogP contribution is -2.64. The van der Waals surface area contributed by atoms with Gasteiger partial charge in [0.1, 0.15) is 17.1 Å². The molecule has 0 radical (unpaired) electrons. The van der Waals surface area contributed by atoms with Crippen molar-refractivity contribution in [2.75, 3.05) is 5.32 Å². The van der Waals surface area contributed by atoms with E-state index < -0.39 is 11.4 Å². The minimum Gasteiger partial charge on any atom is -0.350 e. The Hall–Kier alpha value is -4.01. The molecule has 8 nitrogen and oxygen atoms in total. The van der Waals surface area contributed by atoms with Crippen LogP contribution in [0.4, 0.5) is 10.1 Å². The monoisotopic (exact) mass is 489 g/mol. The molecule has 36 heavy (non-hydrogen) atoms. The quantitative estimate of drug-likeness (QED) is 0.553. The van der Waals surface area contributed by atoms with E-state index in [2.05, 4.69) is 15.6 Å². The Bertz CT molecular complexity index is 1360. The van der Waals surface area contributed by atoms with Crippen LogP contribution in [0.3, 0.4) is 0 Å². The predicted molar refractivity (Wildman–Crippen MR) is 132 cm³/mol. The SMILES string of the molecule is Cc1ccc(NC(=O)c2ncn3c2C(=O)N(C2CC2)C(C)(C(=O)NCc2ccc(F)cc2)C3)c(C)c1. The van der Waals surface area contributed by atoms with E-state index in [1.807, 2.05) is 32.0 Å². The zero-order valence-corrected chi connectivity index (χ0v) is 20.5. The molecule has 1 saturated carbocycles. The van der Waals surface area contributed by atoms with Gasteiger partial charge in [0.15, 0.2) is 5.69 Å². The zero-order valence-electron chi connectivity index (χ0n) is 20.5. The van der Waals surface area contributed by atoms with Gasteiger partial charge in [0, 0.05) is 18.3 Å². The van der Waals surface area contributed by atoms with Gasteiger partial charge in [-0.3, -0.25) is 14.4 Å². The number of nitrogens with zero attached hydrogens (tertiary/aromatic N) is 3. The number of carbonyl (C=O) groups excluding carboxylic acids is 3. The van der Waals surface area contributed by atoms with E-state index in [0.29, 0.717) is 5.69 Å². The van der Waals surface area contributed by atoms with Crippen molar-refractivity contribution in [2.24, 2.45) is 0 Å². The smallest absolute Gasteiger partial charge is 0.276 e. The molecule has 1 aromatic heterocycles. The molecule has 1 aliphatic heterocycles. The lowest BCUT2D eigenvalue weighted by molar-refractivity contribution is -0.133. The number of hydrogen-bond donors (Lipinski definition) is 2. The lowest BCUT2D eigenvalue weighted by atomic mass is 9.93. The summed E-state index contributed by atoms with van der Waals surface area (Å²) >= 11 is 0. The molecule has 1 atom stereocenters. The van der Waals surface area contributed by atoms with Crippen LogP contribution in [0.5, 0.6) is 0 Å². The van der Waals surface area contributed by atoms with Crippen molar-refractivity contribution in [2.45, 2.75) is 58.3 Å². The van der Waals surface area contributed by atoms with Gasteiger partial charge in [-0.15, -0.1) is 0 Å². The minimum absolute atomic E-state index is 0.0411. The largest absolute Gasteiger partial charge is 0.350 e. The molecular weight excluding hydrogens is 461 g/mol. The molecule has 1 fully saturated rings. The fourth-order valence-corrected chi connectivity index (χ4v) is 4.83. The first-order valence-electron chi connectivity index (χ1n) is 12.0. The van der Waals surface area contributed by atoms with Crippen LogP contribution in [-0.4, -0.2) is 43.8 Å². The van der Waals surface area contributed by atoms with Gasteiger partial charge >= 0.3 is 0 Å². The van der Waals surface area contributed by atoms with E-state index in [1.54, 1.807) is 28.5 Å². The lowest BCUT2D eigenvalue weighted by Gasteiger charge is -2.44. The van der Waals surface area contributed by atoms with Gasteiger partial charge in [-0.1, -0.05) is 29.8 Å². The van der Waals surface area contributed by atoms with Crippen LogP contribution in [0, 0.1) is 19.7 Å². The summed E-state index contributed by atoms with van der Waals surface area (Å²) in [5.41, 5.74) is 2.46. The maximum absolute atomic E-state index is 13.7. The van der Waals surface area contributed by atoms with Gasteiger partial charge in [-0.25, -0.2) is 9.37 Å². The summed E-state index contributed by atoms with van der Waals surface area (Å²) in [5.74, 6) is -1.51. The number of nitrogens with one attached hydrogen (secondary N) is 2. The molecule has 2 heterocycles. The van der Waals surface area contributed by atoms with E-state index >= 15 is 0 Å². The molecule has 9 heteroatoms. The molecule has 2 N–H and O–H groups in total. The van der Waals surface area contributed by atoms with Crippen LogP contribution in [0.2, 0.25) is 0 Å². The highest BCUT2D eigenvalue weighted by atomic mass is 19.1. The van der Waals surface area contributed by atoms with Crippen molar-refractivity contribution in [3.8, 4) is 0 Å². The van der Waals surface area contributed by atoms with Crippen LogP contribution in [0.15, 0.2) is 48.8 Å². The standard InChI is InChI=1S/C27H28FN5O3/c1-16-4-11-21(17(2)12-16)31-24(34)22-23-25(35)33(20-9-10-20)27(3,14-32(23)15-30-22)26(36)29-13-18-5-7-19(28)8-6-18/h4-8,11-12,15,20H,9-10,13-14H2,1-3H3,(H,29,36)(H,31,34). The number of amides is 3. The number of hydrogen-bond acceptors (Lipinski definition) is 4. The maximum atomic E-state index is 13.7. The van der Waals surface area contributed by atoms with E-state index in [-0.39, 0.29) is 48.2 Å². The number of aromatic nitrogens is 2. The highest BCUT2D eigenvalue weighted by Gasteiger charge is 2.53. The van der Waals surface area contributed by atoms with Gasteiger partial charge in [0.05, 0.1) is 12.9 Å². The van der Waals surface area contributed by atoms with Crippen molar-refractivity contribution in [3.05, 3.63) is 82.7 Å². The molecule has 0 spiro atoms. The van der Waals surface area contributed by atoms with E-state index in [0.717, 1.165) is 29.5 Å². The topological polar surface area (TPSA) is 96.3 Å². The molecule has 2 aromatic carbocycles. The minimum atomic E-state index is -1.16. The summed E-state index contributed by atoms with van der Waals surface area (Å²) < 4.78 is 14.8. The summed E-state index contributed by atoms with van der Waals surface area (Å²) in [6.45, 7) is 6.00. The fraction of sp³-hybridized carbons (Fsp3) is 0.333. The average molecular weight is 490 g/mol. The number of aryl methyl sites for hydroxylation is 2. The maximum Gasteiger partial charge on any atom is 0.276 e. The van der Waals surface area contributed by atoms with E-state index in [4.69, 9.17) is 0 Å². The van der Waals surface area contributed by atoms with Gasteiger partial charge in [0.2, 0.25) is 5.91 Å². The number of rotatable bonds is 6. The zero-order chi connectivity index (χ0) is 25.6. The molecule has 3 amide bonds. The van der Waals surface area contributed by atoms with Gasteiger partial charge in [-0.2, -0.15) is 0 Å². The Balaban J connectivity index is 1.40. The van der Waals surface area contributed by atoms with Gasteiger partial charge in [-0.05, 0) is 62.9 Å². The van der Waals surface area contributed by atoms with Crippen molar-refractivity contribution in [3.63, 3.8) is 0 Å². The van der Waals surface area contributed by atoms with Crippen LogP contribution < -0.4 is 10.6 Å². The molecule has 0 saturated heterocycles. The Labute approximate surface area is 208 Å². The molecule has 5 rings (SSSR count). The third kappa shape index (κ3) is 4.25. The van der Waals surface area contributed by atoms with Gasteiger partial charge < -0.3 is 20.1 Å². The molecular formula is C27H28FN5O3. The van der Waals surface area contributed by atoms with Crippen molar-refractivity contribution in [1.82, 2.24) is 19.8 Å². The normalized spacial score (nSPS) is 19.1. The second-order valence-corrected chi connectivity index (χ2v) is 9.83. The number of imidazole rings is 1. The van der Waals surface area contributed by atoms with Crippen molar-refractivity contribution < 1.29 is 18.8 Å². The van der Waals surface area contributed by atoms with Crippen molar-refractivity contribution in [1.29, 1.82) is 0 Å². The molecule has 2 aliphatic rings. The predicted octanol–water partition coefficient (Wildman–Crippen LogP) is 3.58. The summed E-state index contributed by atoms with van der Waals surface area (Å²) in [6.07, 6.45) is 3.04. The third-order valence-corrected chi connectivity index (χ3v) is 6.88. The number of halogens is 1. The molecule has 0 bridgehead atoms. The fourth-order valence-electron chi connectivity index (χ4n) is 4.83. The summed E-state index contributed by atoms with van der Waals surface area (Å²) in [7, 11) is 0. The van der Waals surface area contributed by atoms with Gasteiger partial charge in [0.25, 0.3) is 11.8 Å². The molecule has 1 unspecified atom stereocenters. The van der Waals surface area contributed by atoms with Crippen LogP contribution in [-0.2, 0) is 17.9 Å². The summed E-state index contributed by atoms with van der Waals surface area (Å²) in [5, 5.41) is 5.76. The summed E-state index contributed by atoms with van der Waals surface area (Å²) in [6, 6.07) is 11.5. The van der Waals surface area contributed by atoms with Crippen LogP contribution >= 0.6 is 0 Å². The molecule has 3 aromatic rings. The highest BCUT2D eigenvalue weighted by Crippen LogP contribution is 2.39. The Kier molecular flexibility index (Phi) is 5.86. The van der Waals surface area contributed by atoms with Crippen LogP contribution in [0.1, 0.15) is 57.4 Å². The Morgan fingerprint density at radius 1 is 1.14 bits per heavy atom. The second-order valence-electron chi connectivity index (χ2n) is 9.83. The number of carbonyl (C=O) groups is 3. The second kappa shape index (κ2) is 8.89. The number of benzene rings is 2. The first-order chi connectivity index (χ1) is 17.2. The van der Waals surface area contributed by atoms with Crippen LogP contribution in [0.25, 0.3) is 0 Å². The highest BCUT2D eigenvalue weighted by molar-refractivity contribution is 6.12. The van der Waals surface area contributed by atoms with Crippen molar-refractivity contribution >= 4 is 23.4 Å². The molecule has 186 valence electrons. The Morgan fingerprint density at radius 2 is 1.86 bits per heavy atom. The third-order valence-electron chi connectivity index (χ3n) is 6.88. The molecule has 1 aliphatic carbocycles. The van der Waals surface area contributed by atoms with E-state index in [9.17, 15) is 18.8 Å².